The first-order chi connectivity index (χ1) is 9.06. The minimum Gasteiger partial charge on any atom is -0.437 e. The average molecular weight is 259 g/mol. The van der Waals surface area contributed by atoms with Crippen molar-refractivity contribution in [3.8, 4) is 0 Å². The number of rotatable bonds is 4. The Morgan fingerprint density at radius 2 is 2.16 bits per heavy atom. The van der Waals surface area contributed by atoms with Crippen LogP contribution in [0.2, 0.25) is 0 Å². The normalized spacial score (nSPS) is 11.0. The molecule has 0 bridgehead atoms. The Morgan fingerprint density at radius 1 is 1.42 bits per heavy atom. The number of hydrogen-bond acceptors (Lipinski definition) is 4. The monoisotopic (exact) mass is 259 g/mol. The van der Waals surface area contributed by atoms with E-state index in [1.165, 1.54) is 24.1 Å². The van der Waals surface area contributed by atoms with Crippen LogP contribution in [0.4, 0.5) is 0 Å². The first-order valence-electron chi connectivity index (χ1n) is 5.63. The van der Waals surface area contributed by atoms with Gasteiger partial charge in [0.05, 0.1) is 6.54 Å². The van der Waals surface area contributed by atoms with E-state index in [4.69, 9.17) is 10.2 Å². The third kappa shape index (κ3) is 3.19. The Kier molecular flexibility index (Phi) is 3.61. The zero-order valence-electron chi connectivity index (χ0n) is 10.4. The van der Waals surface area contributed by atoms with Gasteiger partial charge in [-0.15, -0.1) is 0 Å². The van der Waals surface area contributed by atoms with Crippen LogP contribution in [0, 0.1) is 0 Å². The van der Waals surface area contributed by atoms with Gasteiger partial charge in [-0.1, -0.05) is 12.1 Å². The van der Waals surface area contributed by atoms with Gasteiger partial charge in [0.1, 0.15) is 5.52 Å². The van der Waals surface area contributed by atoms with Crippen LogP contribution in [-0.2, 0) is 9.59 Å². The maximum atomic E-state index is 11.6. The molecule has 0 unspecified atom stereocenters. The smallest absolute Gasteiger partial charge is 0.246 e. The van der Waals surface area contributed by atoms with E-state index in [1.807, 2.05) is 18.2 Å². The van der Waals surface area contributed by atoms with Gasteiger partial charge in [0.25, 0.3) is 0 Å². The Labute approximate surface area is 109 Å². The molecule has 2 aromatic rings. The van der Waals surface area contributed by atoms with Gasteiger partial charge in [-0.05, 0) is 12.1 Å². The van der Waals surface area contributed by atoms with Crippen LogP contribution < -0.4 is 5.73 Å². The van der Waals surface area contributed by atoms with Crippen molar-refractivity contribution >= 4 is 29.0 Å². The number of para-hydroxylation sites is 2. The second-order valence-electron chi connectivity index (χ2n) is 4.01. The fourth-order valence-electron chi connectivity index (χ4n) is 1.54. The van der Waals surface area contributed by atoms with Crippen LogP contribution >= 0.6 is 0 Å². The highest BCUT2D eigenvalue weighted by molar-refractivity contribution is 5.93. The highest BCUT2D eigenvalue weighted by atomic mass is 16.3. The Morgan fingerprint density at radius 3 is 2.84 bits per heavy atom. The maximum Gasteiger partial charge on any atom is 0.246 e. The Hall–Kier alpha value is -2.63. The lowest BCUT2D eigenvalue weighted by atomic mass is 10.3. The van der Waals surface area contributed by atoms with E-state index in [9.17, 15) is 9.59 Å². The minimum atomic E-state index is -0.564. The van der Waals surface area contributed by atoms with Crippen molar-refractivity contribution in [2.24, 2.45) is 5.73 Å². The lowest BCUT2D eigenvalue weighted by molar-refractivity contribution is -0.129. The fraction of sp³-hybridized carbons (Fsp3) is 0.154. The summed E-state index contributed by atoms with van der Waals surface area (Å²) in [5, 5.41) is 0. The molecule has 19 heavy (non-hydrogen) atoms. The Bertz CT molecular complexity index is 612. The summed E-state index contributed by atoms with van der Waals surface area (Å²) in [5.41, 5.74) is 6.38. The lowest BCUT2D eigenvalue weighted by Crippen LogP contribution is -2.34. The van der Waals surface area contributed by atoms with Crippen LogP contribution in [-0.4, -0.2) is 35.3 Å². The second-order valence-corrected chi connectivity index (χ2v) is 4.01. The van der Waals surface area contributed by atoms with E-state index in [0.29, 0.717) is 11.5 Å². The molecule has 0 fully saturated rings. The van der Waals surface area contributed by atoms with Gasteiger partial charge in [-0.3, -0.25) is 9.59 Å². The Balaban J connectivity index is 2.09. The number of aromatic nitrogens is 1. The summed E-state index contributed by atoms with van der Waals surface area (Å²) in [7, 11) is 1.49. The molecule has 2 amide bonds. The van der Waals surface area contributed by atoms with Crippen LogP contribution in [0.25, 0.3) is 17.2 Å². The number of carbonyl (C=O) groups excluding carboxylic acids is 2. The van der Waals surface area contributed by atoms with E-state index in [1.54, 1.807) is 6.07 Å². The third-order valence-corrected chi connectivity index (χ3v) is 2.45. The summed E-state index contributed by atoms with van der Waals surface area (Å²) >= 11 is 0. The van der Waals surface area contributed by atoms with Crippen LogP contribution in [0.5, 0.6) is 0 Å². The minimum absolute atomic E-state index is 0.128. The summed E-state index contributed by atoms with van der Waals surface area (Å²) in [6.07, 6.45) is 2.74. The molecule has 1 aromatic carbocycles. The van der Waals surface area contributed by atoms with Gasteiger partial charge < -0.3 is 15.1 Å². The molecule has 0 aliphatic carbocycles. The number of fused-ring (bicyclic) bond motifs is 1. The first-order valence-corrected chi connectivity index (χ1v) is 5.63. The molecule has 2 rings (SSSR count). The van der Waals surface area contributed by atoms with Crippen LogP contribution in [0.15, 0.2) is 34.8 Å². The quantitative estimate of drug-likeness (QED) is 0.822. The summed E-state index contributed by atoms with van der Waals surface area (Å²) in [6, 6.07) is 7.30. The summed E-state index contributed by atoms with van der Waals surface area (Å²) in [5.74, 6) is -0.575. The molecule has 6 heteroatoms. The number of benzene rings is 1. The molecule has 1 heterocycles. The molecule has 0 atom stereocenters. The van der Waals surface area contributed by atoms with E-state index < -0.39 is 5.91 Å². The molecule has 0 spiro atoms. The van der Waals surface area contributed by atoms with Gasteiger partial charge in [0, 0.05) is 19.2 Å². The number of likely N-dealkylation sites (N-methyl/N-ethyl adjacent to an activating group) is 1. The molecule has 0 saturated carbocycles. The molecule has 0 radical (unpaired) electrons. The number of oxazole rings is 1. The average Bonchev–Trinajstić information content (AvgIpc) is 2.77. The molecular formula is C13H13N3O3. The lowest BCUT2D eigenvalue weighted by Gasteiger charge is -2.11. The van der Waals surface area contributed by atoms with Crippen molar-refractivity contribution < 1.29 is 14.0 Å². The van der Waals surface area contributed by atoms with Gasteiger partial charge in [0.15, 0.2) is 5.58 Å². The molecule has 2 N–H and O–H groups in total. The number of nitrogens with two attached hydrogens (primary N) is 1. The summed E-state index contributed by atoms with van der Waals surface area (Å²) in [6.45, 7) is -0.128. The maximum absolute atomic E-state index is 11.6. The van der Waals surface area contributed by atoms with E-state index in [-0.39, 0.29) is 12.5 Å². The molecule has 98 valence electrons. The predicted octanol–water partition coefficient (Wildman–Crippen LogP) is 0.785. The summed E-state index contributed by atoms with van der Waals surface area (Å²) < 4.78 is 5.42. The van der Waals surface area contributed by atoms with Crippen LogP contribution in [0.1, 0.15) is 5.89 Å². The van der Waals surface area contributed by atoms with Crippen molar-refractivity contribution in [2.45, 2.75) is 0 Å². The molecule has 0 aliphatic heterocycles. The third-order valence-electron chi connectivity index (χ3n) is 2.45. The molecule has 1 aromatic heterocycles. The van der Waals surface area contributed by atoms with Crippen molar-refractivity contribution in [1.29, 1.82) is 0 Å². The zero-order chi connectivity index (χ0) is 13.8. The van der Waals surface area contributed by atoms with Crippen LogP contribution in [0.3, 0.4) is 0 Å². The summed E-state index contributed by atoms with van der Waals surface area (Å²) in [4.78, 5) is 27.7. The highest BCUT2D eigenvalue weighted by Gasteiger charge is 2.08. The topological polar surface area (TPSA) is 89.4 Å². The SMILES string of the molecule is CN(CC(N)=O)C(=O)C=Cc1nc2ccccc2o1. The molecule has 6 nitrogen and oxygen atoms in total. The van der Waals surface area contributed by atoms with Gasteiger partial charge >= 0.3 is 0 Å². The van der Waals surface area contributed by atoms with Gasteiger partial charge in [0.2, 0.25) is 17.7 Å². The molecule has 0 aliphatic rings. The van der Waals surface area contributed by atoms with Crippen molar-refractivity contribution in [1.82, 2.24) is 9.88 Å². The largest absolute Gasteiger partial charge is 0.437 e. The zero-order valence-corrected chi connectivity index (χ0v) is 10.4. The molecule has 0 saturated heterocycles. The van der Waals surface area contributed by atoms with Crippen molar-refractivity contribution in [3.05, 3.63) is 36.2 Å². The van der Waals surface area contributed by atoms with Gasteiger partial charge in [-0.25, -0.2) is 4.98 Å². The number of nitrogens with zero attached hydrogens (tertiary/aromatic N) is 2. The molecular weight excluding hydrogens is 246 g/mol. The number of amides is 2. The van der Waals surface area contributed by atoms with E-state index in [0.717, 1.165) is 5.52 Å². The van der Waals surface area contributed by atoms with Gasteiger partial charge in [-0.2, -0.15) is 0 Å². The highest BCUT2D eigenvalue weighted by Crippen LogP contribution is 2.15. The standard InChI is InChI=1S/C13H13N3O3/c1-16(8-11(14)17)13(18)7-6-12-15-9-4-2-3-5-10(9)19-12/h2-7H,8H2,1H3,(H2,14,17). The second kappa shape index (κ2) is 5.34. The first kappa shape index (κ1) is 12.8. The van der Waals surface area contributed by atoms with E-state index >= 15 is 0 Å². The van der Waals surface area contributed by atoms with Crippen molar-refractivity contribution in [2.75, 3.05) is 13.6 Å². The number of hydrogen-bond donors (Lipinski definition) is 1. The fourth-order valence-corrected chi connectivity index (χ4v) is 1.54. The predicted molar refractivity (Wildman–Crippen MR) is 69.9 cm³/mol. The van der Waals surface area contributed by atoms with E-state index in [2.05, 4.69) is 4.98 Å². The number of carbonyl (C=O) groups is 2. The van der Waals surface area contributed by atoms with Crippen molar-refractivity contribution in [3.63, 3.8) is 0 Å². The number of primary amides is 1.